The largest absolute Gasteiger partial charge is 0.309 e. The quantitative estimate of drug-likeness (QED) is 0.165. The SMILES string of the molecule is c1ccc2c(c1)B1c3cc(-n4c5ccccc5c5ccccc54)ccc3C3(c4ccccc4-c4cc(-c5ccc6ccccc6n5)ccc43)c3cccc-2c31. The molecule has 1 aliphatic carbocycles. The van der Waals surface area contributed by atoms with Crippen molar-refractivity contribution in [3.8, 4) is 39.2 Å². The van der Waals surface area contributed by atoms with E-state index in [0.717, 1.165) is 22.2 Å². The number of pyridine rings is 1. The molecule has 0 bridgehead atoms. The van der Waals surface area contributed by atoms with Crippen molar-refractivity contribution < 1.29 is 0 Å². The van der Waals surface area contributed by atoms with Crippen LogP contribution in [0.15, 0.2) is 188 Å². The van der Waals surface area contributed by atoms with E-state index < -0.39 is 5.41 Å². The number of aromatic nitrogens is 2. The minimum Gasteiger partial charge on any atom is -0.309 e. The summed E-state index contributed by atoms with van der Waals surface area (Å²) in [5, 5.41) is 3.72. The summed E-state index contributed by atoms with van der Waals surface area (Å²) in [6.07, 6.45) is 0. The normalized spacial score (nSPS) is 15.7. The molecule has 1 unspecified atom stereocenters. The zero-order valence-electron chi connectivity index (χ0n) is 29.9. The van der Waals surface area contributed by atoms with Gasteiger partial charge in [-0.15, -0.1) is 0 Å². The van der Waals surface area contributed by atoms with Crippen molar-refractivity contribution in [2.75, 3.05) is 0 Å². The maximum atomic E-state index is 5.13. The highest BCUT2D eigenvalue weighted by molar-refractivity contribution is 7.00. The zero-order valence-corrected chi connectivity index (χ0v) is 29.9. The third-order valence-electron chi connectivity index (χ3n) is 12.9. The second-order valence-electron chi connectivity index (χ2n) is 15.4. The Bertz CT molecular complexity index is 3250. The van der Waals surface area contributed by atoms with Gasteiger partial charge in [-0.2, -0.15) is 0 Å². The van der Waals surface area contributed by atoms with E-state index in [1.807, 2.05) is 0 Å². The van der Waals surface area contributed by atoms with Gasteiger partial charge in [0.05, 0.1) is 27.7 Å². The molecular weight excluding hydrogens is 663 g/mol. The predicted molar refractivity (Wildman–Crippen MR) is 229 cm³/mol. The van der Waals surface area contributed by atoms with Crippen LogP contribution in [0.1, 0.15) is 22.3 Å². The van der Waals surface area contributed by atoms with Crippen LogP contribution in [0.5, 0.6) is 0 Å². The van der Waals surface area contributed by atoms with Crippen LogP contribution in [0.4, 0.5) is 0 Å². The number of nitrogens with zero attached hydrogens (tertiary/aromatic N) is 2. The lowest BCUT2D eigenvalue weighted by atomic mass is 9.32. The molecule has 0 fully saturated rings. The molecule has 10 aromatic rings. The molecule has 2 aromatic heterocycles. The van der Waals surface area contributed by atoms with E-state index in [1.165, 1.54) is 88.4 Å². The first-order chi connectivity index (χ1) is 27.3. The lowest BCUT2D eigenvalue weighted by molar-refractivity contribution is 0.775. The van der Waals surface area contributed by atoms with Gasteiger partial charge in [0.2, 0.25) is 6.71 Å². The summed E-state index contributed by atoms with van der Waals surface area (Å²) < 4.78 is 2.47. The first-order valence-corrected chi connectivity index (χ1v) is 19.3. The van der Waals surface area contributed by atoms with Gasteiger partial charge in [-0.05, 0) is 87.0 Å². The standard InChI is InChI=1S/C52H31BN2/c1-8-21-47-32(12-1)25-29-48(54-47)33-24-27-42-40(30-33)35-13-2-6-18-41(35)52(42)43-28-26-34(55-49-22-9-4-15-37(49)38-16-5-10-23-50(38)55)31-46(43)53-45-20-7-3-14-36(45)39-17-11-19-44(52)51(39)53/h1-31H. The van der Waals surface area contributed by atoms with E-state index in [0.29, 0.717) is 0 Å². The highest BCUT2D eigenvalue weighted by atomic mass is 15.0. The lowest BCUT2D eigenvalue weighted by Gasteiger charge is -2.42. The minimum atomic E-state index is -0.486. The summed E-state index contributed by atoms with van der Waals surface area (Å²) in [6, 6.07) is 70.2. The van der Waals surface area contributed by atoms with Gasteiger partial charge in [0.25, 0.3) is 0 Å². The topological polar surface area (TPSA) is 17.8 Å². The molecule has 252 valence electrons. The average molecular weight is 695 g/mol. The average Bonchev–Trinajstić information content (AvgIpc) is 3.87. The van der Waals surface area contributed by atoms with E-state index in [-0.39, 0.29) is 6.71 Å². The van der Waals surface area contributed by atoms with Gasteiger partial charge < -0.3 is 4.57 Å². The molecule has 0 saturated carbocycles. The van der Waals surface area contributed by atoms with Crippen LogP contribution in [0.25, 0.3) is 71.9 Å². The number of hydrogen-bond donors (Lipinski definition) is 0. The van der Waals surface area contributed by atoms with Crippen LogP contribution in [0.2, 0.25) is 0 Å². The van der Waals surface area contributed by atoms with Crippen molar-refractivity contribution in [2.24, 2.45) is 0 Å². The molecule has 1 spiro atoms. The van der Waals surface area contributed by atoms with E-state index in [9.17, 15) is 0 Å². The van der Waals surface area contributed by atoms with Crippen LogP contribution in [-0.2, 0) is 5.41 Å². The summed E-state index contributed by atoms with van der Waals surface area (Å²) >= 11 is 0. The molecule has 3 heteroatoms. The molecule has 0 N–H and O–H groups in total. The zero-order chi connectivity index (χ0) is 35.8. The Morgan fingerprint density at radius 2 is 1.11 bits per heavy atom. The van der Waals surface area contributed by atoms with Crippen LogP contribution >= 0.6 is 0 Å². The Morgan fingerprint density at radius 3 is 1.98 bits per heavy atom. The van der Waals surface area contributed by atoms with Crippen molar-refractivity contribution in [1.82, 2.24) is 9.55 Å². The molecule has 2 nitrogen and oxygen atoms in total. The fourth-order valence-corrected chi connectivity index (χ4v) is 10.8. The number of hydrogen-bond acceptors (Lipinski definition) is 1. The lowest BCUT2D eigenvalue weighted by Crippen LogP contribution is -2.59. The molecule has 4 heterocycles. The Morgan fingerprint density at radius 1 is 0.436 bits per heavy atom. The van der Waals surface area contributed by atoms with Crippen molar-refractivity contribution >= 4 is 55.8 Å². The molecule has 0 radical (unpaired) electrons. The number of benzene rings is 8. The van der Waals surface area contributed by atoms with Gasteiger partial charge >= 0.3 is 0 Å². The molecule has 55 heavy (non-hydrogen) atoms. The van der Waals surface area contributed by atoms with Crippen molar-refractivity contribution in [3.05, 3.63) is 210 Å². The Kier molecular flexibility index (Phi) is 5.68. The number of para-hydroxylation sites is 3. The third kappa shape index (κ3) is 3.68. The van der Waals surface area contributed by atoms with Crippen molar-refractivity contribution in [3.63, 3.8) is 0 Å². The second-order valence-corrected chi connectivity index (χ2v) is 15.4. The maximum absolute atomic E-state index is 5.13. The highest BCUT2D eigenvalue weighted by Gasteiger charge is 2.54. The smallest absolute Gasteiger partial charge is 0.243 e. The molecule has 0 amide bonds. The van der Waals surface area contributed by atoms with Crippen molar-refractivity contribution in [1.29, 1.82) is 0 Å². The van der Waals surface area contributed by atoms with Gasteiger partial charge in [0, 0.05) is 27.4 Å². The van der Waals surface area contributed by atoms with E-state index in [1.54, 1.807) is 0 Å². The Balaban J connectivity index is 1.13. The van der Waals surface area contributed by atoms with Crippen LogP contribution in [0.3, 0.4) is 0 Å². The first kappa shape index (κ1) is 29.5. The summed E-state index contributed by atoms with van der Waals surface area (Å²) in [6.45, 7) is 0.133. The highest BCUT2D eigenvalue weighted by Crippen LogP contribution is 2.58. The molecule has 1 atom stereocenters. The monoisotopic (exact) mass is 694 g/mol. The summed E-state index contributed by atoms with van der Waals surface area (Å²) in [4.78, 5) is 5.13. The second kappa shape index (κ2) is 10.6. The van der Waals surface area contributed by atoms with Gasteiger partial charge in [-0.25, -0.2) is 4.98 Å². The van der Waals surface area contributed by atoms with Crippen molar-refractivity contribution in [2.45, 2.75) is 5.41 Å². The molecule has 13 rings (SSSR count). The fourth-order valence-electron chi connectivity index (χ4n) is 10.8. The molecular formula is C52H31BN2. The summed E-state index contributed by atoms with van der Waals surface area (Å²) in [7, 11) is 0. The fraction of sp³-hybridized carbons (Fsp3) is 0.0192. The number of fused-ring (bicyclic) bond motifs is 16. The van der Waals surface area contributed by atoms with Crippen LogP contribution in [-0.4, -0.2) is 16.3 Å². The summed E-state index contributed by atoms with van der Waals surface area (Å²) in [5.74, 6) is 0. The van der Waals surface area contributed by atoms with Gasteiger partial charge in [-0.1, -0.05) is 162 Å². The predicted octanol–water partition coefficient (Wildman–Crippen LogP) is 10.2. The number of rotatable bonds is 2. The third-order valence-corrected chi connectivity index (χ3v) is 12.9. The van der Waals surface area contributed by atoms with E-state index >= 15 is 0 Å². The maximum Gasteiger partial charge on any atom is 0.243 e. The Hall–Kier alpha value is -6.97. The Labute approximate surface area is 319 Å². The van der Waals surface area contributed by atoms with Gasteiger partial charge in [0.15, 0.2) is 0 Å². The van der Waals surface area contributed by atoms with Crippen LogP contribution < -0.4 is 16.4 Å². The molecule has 3 aliphatic rings. The van der Waals surface area contributed by atoms with Gasteiger partial charge in [-0.3, -0.25) is 0 Å². The van der Waals surface area contributed by atoms with E-state index in [2.05, 4.69) is 193 Å². The minimum absolute atomic E-state index is 0.133. The molecule has 2 aliphatic heterocycles. The van der Waals surface area contributed by atoms with Gasteiger partial charge in [0.1, 0.15) is 0 Å². The summed E-state index contributed by atoms with van der Waals surface area (Å²) in [5.41, 5.74) is 21.3. The van der Waals surface area contributed by atoms with E-state index in [4.69, 9.17) is 4.98 Å². The molecule has 0 saturated heterocycles. The molecule has 8 aromatic carbocycles. The first-order valence-electron chi connectivity index (χ1n) is 19.3. The van der Waals surface area contributed by atoms with Crippen LogP contribution in [0, 0.1) is 0 Å².